The van der Waals surface area contributed by atoms with Crippen molar-refractivity contribution in [3.05, 3.63) is 35.4 Å². The Balaban J connectivity index is 1.71. The van der Waals surface area contributed by atoms with Gasteiger partial charge in [-0.3, -0.25) is 4.90 Å². The van der Waals surface area contributed by atoms with Crippen molar-refractivity contribution in [3.63, 3.8) is 0 Å². The lowest BCUT2D eigenvalue weighted by atomic mass is 9.59. The molecule has 2 saturated heterocycles. The molecule has 1 nitrogen and oxygen atoms in total. The van der Waals surface area contributed by atoms with E-state index in [1.54, 1.807) is 11.1 Å². The van der Waals surface area contributed by atoms with Gasteiger partial charge in [0.05, 0.1) is 0 Å². The summed E-state index contributed by atoms with van der Waals surface area (Å²) in [5.41, 5.74) is 3.44. The van der Waals surface area contributed by atoms with Gasteiger partial charge in [-0.25, -0.2) is 0 Å². The second-order valence-corrected chi connectivity index (χ2v) is 7.16. The van der Waals surface area contributed by atoms with Gasteiger partial charge in [-0.15, -0.1) is 0 Å². The number of piperidine rings is 2. The predicted octanol–water partition coefficient (Wildman–Crippen LogP) is 4.11. The normalized spacial score (nSPS) is 43.7. The zero-order chi connectivity index (χ0) is 12.4. The average Bonchev–Trinajstić information content (AvgIpc) is 2.96. The summed E-state index contributed by atoms with van der Waals surface area (Å²) in [6.07, 6.45) is 8.83. The maximum atomic E-state index is 2.92. The molecule has 3 aliphatic heterocycles. The van der Waals surface area contributed by atoms with Crippen molar-refractivity contribution in [2.75, 3.05) is 6.54 Å². The first kappa shape index (κ1) is 10.9. The molecule has 5 atom stereocenters. The molecule has 3 fully saturated rings. The molecule has 1 aromatic carbocycles. The summed E-state index contributed by atoms with van der Waals surface area (Å²) in [4.78, 5) is 2.92. The SMILES string of the molecule is c1ccc2c(c1)[C@H]1[C@@H]3CCC[C@@H]3[C@@H]2N2CCCC[C@H]12. The van der Waals surface area contributed by atoms with Crippen molar-refractivity contribution < 1.29 is 0 Å². The fourth-order valence-electron chi connectivity index (χ4n) is 6.03. The first-order chi connectivity index (χ1) is 9.45. The summed E-state index contributed by atoms with van der Waals surface area (Å²) in [5, 5.41) is 0. The Morgan fingerprint density at radius 2 is 1.68 bits per heavy atom. The highest BCUT2D eigenvalue weighted by atomic mass is 15.2. The summed E-state index contributed by atoms with van der Waals surface area (Å²) >= 11 is 0. The molecular formula is C18H23N. The molecule has 0 unspecified atom stereocenters. The molecule has 1 heteroatoms. The van der Waals surface area contributed by atoms with Crippen LogP contribution in [0, 0.1) is 11.8 Å². The Labute approximate surface area is 116 Å². The lowest BCUT2D eigenvalue weighted by Crippen LogP contribution is -2.58. The minimum Gasteiger partial charge on any atom is -0.292 e. The molecular weight excluding hydrogens is 230 g/mol. The van der Waals surface area contributed by atoms with Crippen LogP contribution in [0.1, 0.15) is 61.6 Å². The third-order valence-corrected chi connectivity index (χ3v) is 6.53. The molecule has 0 N–H and O–H groups in total. The van der Waals surface area contributed by atoms with Gasteiger partial charge in [0.2, 0.25) is 0 Å². The van der Waals surface area contributed by atoms with Crippen LogP contribution in [0.2, 0.25) is 0 Å². The highest BCUT2D eigenvalue weighted by Crippen LogP contribution is 2.62. The predicted molar refractivity (Wildman–Crippen MR) is 77.1 cm³/mol. The summed E-state index contributed by atoms with van der Waals surface area (Å²) in [7, 11) is 0. The molecule has 1 aromatic rings. The lowest BCUT2D eigenvalue weighted by molar-refractivity contribution is -0.0440. The Morgan fingerprint density at radius 1 is 0.842 bits per heavy atom. The van der Waals surface area contributed by atoms with E-state index in [9.17, 15) is 0 Å². The quantitative estimate of drug-likeness (QED) is 0.672. The van der Waals surface area contributed by atoms with Gasteiger partial charge in [0.25, 0.3) is 0 Å². The molecule has 0 radical (unpaired) electrons. The highest BCUT2D eigenvalue weighted by Gasteiger charge is 2.56. The van der Waals surface area contributed by atoms with Crippen LogP contribution < -0.4 is 0 Å². The standard InChI is InChI=1S/C18H23N/c1-2-7-14-12(6-1)17-13-8-5-9-15(13)18(14)19-11-4-3-10-16(17)19/h1-2,6-7,13,15-18H,3-5,8-11H2/t13-,15+,16-,17+,18-/m1/s1. The largest absolute Gasteiger partial charge is 0.292 e. The lowest BCUT2D eigenvalue weighted by Gasteiger charge is -2.59. The van der Waals surface area contributed by atoms with Crippen molar-refractivity contribution in [1.82, 2.24) is 4.90 Å². The van der Waals surface area contributed by atoms with Gasteiger partial charge in [0.1, 0.15) is 0 Å². The minimum atomic E-state index is 0.777. The van der Waals surface area contributed by atoms with E-state index >= 15 is 0 Å². The van der Waals surface area contributed by atoms with Crippen LogP contribution in [0.4, 0.5) is 0 Å². The Bertz CT molecular complexity index is 463. The van der Waals surface area contributed by atoms with E-state index in [0.717, 1.165) is 29.8 Å². The zero-order valence-electron chi connectivity index (χ0n) is 11.6. The summed E-state index contributed by atoms with van der Waals surface area (Å²) in [6.45, 7) is 1.36. The summed E-state index contributed by atoms with van der Waals surface area (Å²) in [6, 6.07) is 11.1. The molecule has 0 amide bonds. The second kappa shape index (κ2) is 3.85. The van der Waals surface area contributed by atoms with Crippen molar-refractivity contribution in [1.29, 1.82) is 0 Å². The third-order valence-electron chi connectivity index (χ3n) is 6.53. The van der Waals surface area contributed by atoms with Crippen molar-refractivity contribution in [3.8, 4) is 0 Å². The minimum absolute atomic E-state index is 0.777. The maximum absolute atomic E-state index is 2.92. The van der Waals surface area contributed by atoms with E-state index in [0.29, 0.717) is 0 Å². The number of nitrogens with zero attached hydrogens (tertiary/aromatic N) is 1. The van der Waals surface area contributed by atoms with Crippen LogP contribution in [0.3, 0.4) is 0 Å². The summed E-state index contributed by atoms with van der Waals surface area (Å²) < 4.78 is 0. The average molecular weight is 253 g/mol. The van der Waals surface area contributed by atoms with E-state index in [4.69, 9.17) is 0 Å². The van der Waals surface area contributed by atoms with Gasteiger partial charge in [-0.05, 0) is 55.2 Å². The fourth-order valence-corrected chi connectivity index (χ4v) is 6.03. The van der Waals surface area contributed by atoms with Crippen molar-refractivity contribution in [2.45, 2.75) is 56.5 Å². The molecule has 2 bridgehead atoms. The van der Waals surface area contributed by atoms with Gasteiger partial charge in [0.15, 0.2) is 0 Å². The molecule has 6 rings (SSSR count). The van der Waals surface area contributed by atoms with Crippen LogP contribution in [-0.2, 0) is 0 Å². The van der Waals surface area contributed by atoms with Crippen molar-refractivity contribution >= 4 is 0 Å². The van der Waals surface area contributed by atoms with E-state index in [2.05, 4.69) is 29.2 Å². The first-order valence-corrected chi connectivity index (χ1v) is 8.30. The monoisotopic (exact) mass is 253 g/mol. The topological polar surface area (TPSA) is 3.24 Å². The van der Waals surface area contributed by atoms with Crippen molar-refractivity contribution in [2.24, 2.45) is 11.8 Å². The van der Waals surface area contributed by atoms with Gasteiger partial charge >= 0.3 is 0 Å². The Kier molecular flexibility index (Phi) is 2.21. The van der Waals surface area contributed by atoms with Gasteiger partial charge in [-0.1, -0.05) is 37.1 Å². The number of rotatable bonds is 0. The molecule has 100 valence electrons. The first-order valence-electron chi connectivity index (χ1n) is 8.30. The molecule has 19 heavy (non-hydrogen) atoms. The Hall–Kier alpha value is -0.820. The van der Waals surface area contributed by atoms with Gasteiger partial charge in [0, 0.05) is 18.0 Å². The molecule has 3 heterocycles. The fraction of sp³-hybridized carbons (Fsp3) is 0.667. The van der Waals surface area contributed by atoms with Crippen LogP contribution in [0.5, 0.6) is 0 Å². The third kappa shape index (κ3) is 1.30. The number of hydrogen-bond acceptors (Lipinski definition) is 1. The molecule has 5 aliphatic rings. The van der Waals surface area contributed by atoms with Gasteiger partial charge < -0.3 is 0 Å². The molecule has 2 aliphatic carbocycles. The van der Waals surface area contributed by atoms with Crippen LogP contribution in [0.15, 0.2) is 24.3 Å². The van der Waals surface area contributed by atoms with E-state index in [1.807, 2.05) is 0 Å². The molecule has 1 saturated carbocycles. The number of hydrogen-bond donors (Lipinski definition) is 0. The van der Waals surface area contributed by atoms with Crippen LogP contribution >= 0.6 is 0 Å². The van der Waals surface area contributed by atoms with Crippen LogP contribution in [0.25, 0.3) is 0 Å². The van der Waals surface area contributed by atoms with E-state index in [-0.39, 0.29) is 0 Å². The van der Waals surface area contributed by atoms with E-state index < -0.39 is 0 Å². The summed E-state index contributed by atoms with van der Waals surface area (Å²) in [5.74, 6) is 2.86. The maximum Gasteiger partial charge on any atom is 0.0385 e. The number of benzene rings is 1. The van der Waals surface area contributed by atoms with Gasteiger partial charge in [-0.2, -0.15) is 0 Å². The second-order valence-electron chi connectivity index (χ2n) is 7.16. The smallest absolute Gasteiger partial charge is 0.0385 e. The molecule has 0 aromatic heterocycles. The van der Waals surface area contributed by atoms with E-state index in [1.165, 1.54) is 45.1 Å². The van der Waals surface area contributed by atoms with Crippen LogP contribution in [-0.4, -0.2) is 17.5 Å². The zero-order valence-corrected chi connectivity index (χ0v) is 11.6. The highest BCUT2D eigenvalue weighted by molar-refractivity contribution is 5.42. The molecule has 0 spiro atoms. The Morgan fingerprint density at radius 3 is 2.63 bits per heavy atom.